The summed E-state index contributed by atoms with van der Waals surface area (Å²) in [7, 11) is -3.69. The summed E-state index contributed by atoms with van der Waals surface area (Å²) in [4.78, 5) is 12.6. The topological polar surface area (TPSA) is 84.5 Å². The maximum Gasteiger partial charge on any atom is 0.387 e. The number of benzene rings is 2. The van der Waals surface area contributed by atoms with Crippen molar-refractivity contribution in [1.29, 1.82) is 0 Å². The minimum Gasteiger partial charge on any atom is -0.434 e. The van der Waals surface area contributed by atoms with Crippen molar-refractivity contribution >= 4 is 15.9 Å². The van der Waals surface area contributed by atoms with Gasteiger partial charge in [0.05, 0.1) is 4.90 Å². The molecule has 1 saturated carbocycles. The highest BCUT2D eigenvalue weighted by atomic mass is 32.2. The first-order valence-electron chi connectivity index (χ1n) is 8.70. The highest BCUT2D eigenvalue weighted by molar-refractivity contribution is 7.89. The van der Waals surface area contributed by atoms with Crippen LogP contribution in [-0.2, 0) is 16.6 Å². The Hall–Kier alpha value is -2.52. The number of carbonyl (C=O) groups is 1. The molecule has 9 heteroatoms. The van der Waals surface area contributed by atoms with E-state index < -0.39 is 22.5 Å². The molecule has 3 rings (SSSR count). The molecule has 0 aliphatic heterocycles. The Morgan fingerprint density at radius 1 is 1.21 bits per heavy atom. The van der Waals surface area contributed by atoms with Crippen molar-refractivity contribution < 1.29 is 26.7 Å². The lowest BCUT2D eigenvalue weighted by Crippen LogP contribution is -2.27. The second-order valence-corrected chi connectivity index (χ2v) is 8.26. The Morgan fingerprint density at radius 2 is 1.93 bits per heavy atom. The minimum absolute atomic E-state index is 0.0107. The van der Waals surface area contributed by atoms with E-state index in [1.807, 2.05) is 0 Å². The highest BCUT2D eigenvalue weighted by Gasteiger charge is 2.28. The molecule has 2 aromatic carbocycles. The van der Waals surface area contributed by atoms with Crippen LogP contribution in [0.15, 0.2) is 47.4 Å². The molecule has 1 fully saturated rings. The smallest absolute Gasteiger partial charge is 0.387 e. The molecule has 1 amide bonds. The van der Waals surface area contributed by atoms with E-state index in [2.05, 4.69) is 14.8 Å². The molecule has 0 saturated heterocycles. The molecule has 0 radical (unpaired) electrons. The van der Waals surface area contributed by atoms with Gasteiger partial charge in [0.2, 0.25) is 10.0 Å². The van der Waals surface area contributed by atoms with Crippen LogP contribution in [0.3, 0.4) is 0 Å². The van der Waals surface area contributed by atoms with Crippen molar-refractivity contribution in [3.05, 3.63) is 59.2 Å². The van der Waals surface area contributed by atoms with Crippen LogP contribution in [0.25, 0.3) is 0 Å². The molecule has 2 aromatic rings. The second kappa shape index (κ2) is 8.24. The van der Waals surface area contributed by atoms with E-state index in [-0.39, 0.29) is 28.8 Å². The average Bonchev–Trinajstić information content (AvgIpc) is 3.43. The molecule has 1 aliphatic rings. The van der Waals surface area contributed by atoms with E-state index in [1.165, 1.54) is 18.2 Å². The Balaban J connectivity index is 1.75. The third kappa shape index (κ3) is 5.05. The van der Waals surface area contributed by atoms with Crippen LogP contribution in [0.2, 0.25) is 0 Å². The third-order valence-corrected chi connectivity index (χ3v) is 5.81. The van der Waals surface area contributed by atoms with Gasteiger partial charge in [0.1, 0.15) is 5.75 Å². The first-order valence-corrected chi connectivity index (χ1v) is 10.2. The lowest BCUT2D eigenvalue weighted by Gasteiger charge is -2.13. The SMILES string of the molecule is Cc1ccc(S(=O)(=O)NC2CC2)cc1C(=O)NCc1ccccc1OC(F)F. The molecule has 0 bridgehead atoms. The summed E-state index contributed by atoms with van der Waals surface area (Å²) in [5, 5.41) is 2.62. The van der Waals surface area contributed by atoms with Gasteiger partial charge < -0.3 is 10.1 Å². The molecule has 6 nitrogen and oxygen atoms in total. The summed E-state index contributed by atoms with van der Waals surface area (Å²) in [5.41, 5.74) is 1.18. The zero-order chi connectivity index (χ0) is 20.3. The van der Waals surface area contributed by atoms with E-state index >= 15 is 0 Å². The summed E-state index contributed by atoms with van der Waals surface area (Å²) < 4.78 is 56.7. The van der Waals surface area contributed by atoms with Gasteiger partial charge in [-0.25, -0.2) is 13.1 Å². The Bertz CT molecular complexity index is 976. The summed E-state index contributed by atoms with van der Waals surface area (Å²) in [6.07, 6.45) is 1.61. The van der Waals surface area contributed by atoms with E-state index in [4.69, 9.17) is 0 Å². The van der Waals surface area contributed by atoms with E-state index in [9.17, 15) is 22.0 Å². The van der Waals surface area contributed by atoms with Crippen molar-refractivity contribution in [2.45, 2.75) is 43.9 Å². The summed E-state index contributed by atoms with van der Waals surface area (Å²) in [6.45, 7) is -1.33. The number of halogens is 2. The quantitative estimate of drug-likeness (QED) is 0.701. The standard InChI is InChI=1S/C19H20F2N2O4S/c1-12-6-9-15(28(25,26)23-14-7-8-14)10-16(12)18(24)22-11-13-4-2-3-5-17(13)27-19(20)21/h2-6,9-10,14,19,23H,7-8,11H2,1H3,(H,22,24). The number of ether oxygens (including phenoxy) is 1. The Kier molecular flexibility index (Phi) is 5.95. The van der Waals surface area contributed by atoms with E-state index in [0.717, 1.165) is 12.8 Å². The van der Waals surface area contributed by atoms with Crippen LogP contribution in [0.5, 0.6) is 5.75 Å². The number of amides is 1. The maximum atomic E-state index is 12.6. The number of sulfonamides is 1. The molecule has 150 valence electrons. The van der Waals surface area contributed by atoms with Crippen LogP contribution in [0.1, 0.15) is 34.3 Å². The molecular formula is C19H20F2N2O4S. The van der Waals surface area contributed by atoms with Gasteiger partial charge in [-0.05, 0) is 43.5 Å². The molecular weight excluding hydrogens is 390 g/mol. The molecule has 28 heavy (non-hydrogen) atoms. The van der Waals surface area contributed by atoms with Gasteiger partial charge in [-0.2, -0.15) is 8.78 Å². The van der Waals surface area contributed by atoms with Gasteiger partial charge in [0.25, 0.3) is 5.91 Å². The molecule has 0 atom stereocenters. The lowest BCUT2D eigenvalue weighted by molar-refractivity contribution is -0.0504. The molecule has 0 spiro atoms. The Morgan fingerprint density at radius 3 is 2.61 bits per heavy atom. The second-order valence-electron chi connectivity index (χ2n) is 6.54. The van der Waals surface area contributed by atoms with Crippen molar-refractivity contribution in [2.75, 3.05) is 0 Å². The zero-order valence-electron chi connectivity index (χ0n) is 15.1. The summed E-state index contributed by atoms with van der Waals surface area (Å²) in [6, 6.07) is 10.4. The Labute approximate surface area is 162 Å². The van der Waals surface area contributed by atoms with Crippen molar-refractivity contribution in [3.63, 3.8) is 0 Å². The average molecular weight is 410 g/mol. The fraction of sp³-hybridized carbons (Fsp3) is 0.316. The van der Waals surface area contributed by atoms with E-state index in [0.29, 0.717) is 11.1 Å². The first-order chi connectivity index (χ1) is 13.3. The van der Waals surface area contributed by atoms with Gasteiger partial charge in [0.15, 0.2) is 0 Å². The lowest BCUT2D eigenvalue weighted by atomic mass is 10.1. The van der Waals surface area contributed by atoms with Crippen LogP contribution in [-0.4, -0.2) is 27.0 Å². The fourth-order valence-electron chi connectivity index (χ4n) is 2.63. The number of hydrogen-bond acceptors (Lipinski definition) is 4. The number of para-hydroxylation sites is 1. The highest BCUT2D eigenvalue weighted by Crippen LogP contribution is 2.24. The van der Waals surface area contributed by atoms with Crippen molar-refractivity contribution in [3.8, 4) is 5.75 Å². The van der Waals surface area contributed by atoms with Crippen LogP contribution < -0.4 is 14.8 Å². The normalized spacial score (nSPS) is 14.1. The number of alkyl halides is 2. The molecule has 1 aliphatic carbocycles. The number of hydrogen-bond donors (Lipinski definition) is 2. The maximum absolute atomic E-state index is 12.6. The van der Waals surface area contributed by atoms with Crippen molar-refractivity contribution in [1.82, 2.24) is 10.0 Å². The monoisotopic (exact) mass is 410 g/mol. The number of carbonyl (C=O) groups excluding carboxylic acids is 1. The van der Waals surface area contributed by atoms with Gasteiger partial charge in [-0.1, -0.05) is 24.3 Å². The summed E-state index contributed by atoms with van der Waals surface area (Å²) >= 11 is 0. The van der Waals surface area contributed by atoms with Crippen LogP contribution in [0, 0.1) is 6.92 Å². The van der Waals surface area contributed by atoms with Gasteiger partial charge in [0, 0.05) is 23.7 Å². The van der Waals surface area contributed by atoms with Gasteiger partial charge in [-0.3, -0.25) is 4.79 Å². The summed E-state index contributed by atoms with van der Waals surface area (Å²) in [5.74, 6) is -0.535. The first kappa shape index (κ1) is 20.2. The predicted molar refractivity (Wildman–Crippen MR) is 98.8 cm³/mol. The minimum atomic E-state index is -3.69. The third-order valence-electron chi connectivity index (χ3n) is 4.29. The number of nitrogens with one attached hydrogen (secondary N) is 2. The molecule has 0 aromatic heterocycles. The number of rotatable bonds is 8. The fourth-order valence-corrected chi connectivity index (χ4v) is 3.96. The zero-order valence-corrected chi connectivity index (χ0v) is 15.9. The molecule has 0 unspecified atom stereocenters. The van der Waals surface area contributed by atoms with Gasteiger partial charge >= 0.3 is 6.61 Å². The predicted octanol–water partition coefficient (Wildman–Crippen LogP) is 2.97. The van der Waals surface area contributed by atoms with Crippen molar-refractivity contribution in [2.24, 2.45) is 0 Å². The van der Waals surface area contributed by atoms with Crippen LogP contribution in [0.4, 0.5) is 8.78 Å². The van der Waals surface area contributed by atoms with Crippen LogP contribution >= 0.6 is 0 Å². The van der Waals surface area contributed by atoms with E-state index in [1.54, 1.807) is 31.2 Å². The number of aryl methyl sites for hydroxylation is 1. The largest absolute Gasteiger partial charge is 0.434 e. The molecule has 0 heterocycles. The molecule has 2 N–H and O–H groups in total. The van der Waals surface area contributed by atoms with Gasteiger partial charge in [-0.15, -0.1) is 0 Å².